The molecule has 0 spiro atoms. The first kappa shape index (κ1) is 19.0. The molecule has 7 heteroatoms. The summed E-state index contributed by atoms with van der Waals surface area (Å²) >= 11 is 0. The number of imidazole rings is 1. The lowest BCUT2D eigenvalue weighted by molar-refractivity contribution is 0.680. The summed E-state index contributed by atoms with van der Waals surface area (Å²) in [5, 5.41) is 1.21. The number of pyridine rings is 1. The van der Waals surface area contributed by atoms with E-state index in [9.17, 15) is 0 Å². The summed E-state index contributed by atoms with van der Waals surface area (Å²) in [6, 6.07) is 12.0. The van der Waals surface area contributed by atoms with Crippen LogP contribution in [-0.2, 0) is 6.42 Å². The van der Waals surface area contributed by atoms with Gasteiger partial charge in [0.25, 0.3) is 0 Å². The van der Waals surface area contributed by atoms with Gasteiger partial charge < -0.3 is 15.7 Å². The van der Waals surface area contributed by atoms with Crippen LogP contribution >= 0.6 is 24.8 Å². The minimum absolute atomic E-state index is 0. The Hall–Kier alpha value is -2.34. The summed E-state index contributed by atoms with van der Waals surface area (Å²) in [7, 11) is 0. The standard InChI is InChI=1S/C18H17N5.2ClH/c19-15(9-13-10-21-16-4-2-1-3-14(13)16)18-22-11-17(23-18)12-5-7-20-8-6-12;;/h1-8,10-11,15,21H,9,19H2,(H,22,23);2*1H. The first-order valence-corrected chi connectivity index (χ1v) is 7.57. The Labute approximate surface area is 157 Å². The molecule has 0 aliphatic heterocycles. The molecule has 1 atom stereocenters. The Morgan fingerprint density at radius 2 is 1.80 bits per heavy atom. The van der Waals surface area contributed by atoms with Crippen molar-refractivity contribution in [2.75, 3.05) is 0 Å². The second-order valence-electron chi connectivity index (χ2n) is 5.59. The lowest BCUT2D eigenvalue weighted by Gasteiger charge is -2.08. The van der Waals surface area contributed by atoms with Crippen LogP contribution in [-0.4, -0.2) is 19.9 Å². The Morgan fingerprint density at radius 1 is 1.04 bits per heavy atom. The monoisotopic (exact) mass is 375 g/mol. The summed E-state index contributed by atoms with van der Waals surface area (Å²) in [5.74, 6) is 0.794. The zero-order chi connectivity index (χ0) is 15.6. The first-order chi connectivity index (χ1) is 11.3. The zero-order valence-corrected chi connectivity index (χ0v) is 15.0. The highest BCUT2D eigenvalue weighted by Crippen LogP contribution is 2.23. The van der Waals surface area contributed by atoms with Gasteiger partial charge in [0.15, 0.2) is 0 Å². The van der Waals surface area contributed by atoms with Crippen LogP contribution in [0.2, 0.25) is 0 Å². The largest absolute Gasteiger partial charge is 0.361 e. The van der Waals surface area contributed by atoms with Gasteiger partial charge in [0.05, 0.1) is 17.9 Å². The third-order valence-corrected chi connectivity index (χ3v) is 4.05. The Balaban J connectivity index is 0.00000113. The smallest absolute Gasteiger partial charge is 0.123 e. The van der Waals surface area contributed by atoms with E-state index in [1.807, 2.05) is 36.7 Å². The summed E-state index contributed by atoms with van der Waals surface area (Å²) in [6.45, 7) is 0. The first-order valence-electron chi connectivity index (χ1n) is 7.57. The van der Waals surface area contributed by atoms with E-state index in [1.54, 1.807) is 12.4 Å². The fourth-order valence-corrected chi connectivity index (χ4v) is 2.84. The van der Waals surface area contributed by atoms with E-state index >= 15 is 0 Å². The average Bonchev–Trinajstić information content (AvgIpc) is 3.24. The van der Waals surface area contributed by atoms with E-state index in [4.69, 9.17) is 5.73 Å². The number of aromatic amines is 2. The molecule has 4 aromatic rings. The van der Waals surface area contributed by atoms with Crippen molar-refractivity contribution >= 4 is 35.7 Å². The molecule has 0 fully saturated rings. The van der Waals surface area contributed by atoms with Crippen LogP contribution in [0.3, 0.4) is 0 Å². The maximum Gasteiger partial charge on any atom is 0.123 e. The number of benzene rings is 1. The molecular formula is C18H19Cl2N5. The van der Waals surface area contributed by atoms with E-state index in [2.05, 4.69) is 32.1 Å². The van der Waals surface area contributed by atoms with Gasteiger partial charge in [0.1, 0.15) is 5.82 Å². The highest BCUT2D eigenvalue weighted by molar-refractivity contribution is 5.85. The van der Waals surface area contributed by atoms with Crippen LogP contribution in [0.4, 0.5) is 0 Å². The molecule has 1 aromatic carbocycles. The van der Waals surface area contributed by atoms with Gasteiger partial charge in [-0.1, -0.05) is 18.2 Å². The molecule has 0 saturated carbocycles. The molecule has 0 bridgehead atoms. The highest BCUT2D eigenvalue weighted by Gasteiger charge is 2.14. The fraction of sp³-hybridized carbons (Fsp3) is 0.111. The predicted octanol–water partition coefficient (Wildman–Crippen LogP) is 4.04. The highest BCUT2D eigenvalue weighted by atomic mass is 35.5. The van der Waals surface area contributed by atoms with Gasteiger partial charge in [0.2, 0.25) is 0 Å². The Kier molecular flexibility index (Phi) is 6.20. The third-order valence-electron chi connectivity index (χ3n) is 4.05. The topological polar surface area (TPSA) is 83.4 Å². The number of hydrogen-bond donors (Lipinski definition) is 3. The van der Waals surface area contributed by atoms with Gasteiger partial charge in [-0.15, -0.1) is 24.8 Å². The molecule has 3 heterocycles. The molecule has 4 N–H and O–H groups in total. The minimum atomic E-state index is -0.176. The maximum absolute atomic E-state index is 6.35. The van der Waals surface area contributed by atoms with Crippen molar-refractivity contribution in [3.63, 3.8) is 0 Å². The summed E-state index contributed by atoms with van der Waals surface area (Å²) in [5.41, 5.74) is 10.7. The van der Waals surface area contributed by atoms with E-state index in [-0.39, 0.29) is 30.9 Å². The van der Waals surface area contributed by atoms with Gasteiger partial charge >= 0.3 is 0 Å². The lowest BCUT2D eigenvalue weighted by Crippen LogP contribution is -2.14. The predicted molar refractivity (Wildman–Crippen MR) is 105 cm³/mol. The van der Waals surface area contributed by atoms with Crippen molar-refractivity contribution in [1.82, 2.24) is 19.9 Å². The van der Waals surface area contributed by atoms with E-state index < -0.39 is 0 Å². The van der Waals surface area contributed by atoms with Crippen LogP contribution in [0.1, 0.15) is 17.4 Å². The normalized spacial score (nSPS) is 11.6. The number of halogens is 2. The van der Waals surface area contributed by atoms with Crippen molar-refractivity contribution < 1.29 is 0 Å². The number of fused-ring (bicyclic) bond motifs is 1. The van der Waals surface area contributed by atoms with Gasteiger partial charge in [0, 0.05) is 35.1 Å². The molecule has 0 saturated heterocycles. The second kappa shape index (κ2) is 8.16. The number of hydrogen-bond acceptors (Lipinski definition) is 3. The molecular weight excluding hydrogens is 357 g/mol. The molecule has 1 unspecified atom stereocenters. The number of nitrogens with two attached hydrogens (primary N) is 1. The lowest BCUT2D eigenvalue weighted by atomic mass is 10.1. The molecule has 3 aromatic heterocycles. The summed E-state index contributed by atoms with van der Waals surface area (Å²) < 4.78 is 0. The number of nitrogens with zero attached hydrogens (tertiary/aromatic N) is 2. The van der Waals surface area contributed by atoms with E-state index in [1.165, 1.54) is 10.9 Å². The molecule has 5 nitrogen and oxygen atoms in total. The number of aromatic nitrogens is 4. The van der Waals surface area contributed by atoms with Crippen LogP contribution in [0.15, 0.2) is 61.2 Å². The molecule has 130 valence electrons. The molecule has 0 radical (unpaired) electrons. The Bertz CT molecular complexity index is 933. The van der Waals surface area contributed by atoms with Gasteiger partial charge in [-0.3, -0.25) is 4.98 Å². The SMILES string of the molecule is Cl.Cl.NC(Cc1c[nH]c2ccccc12)c1ncc(-c2ccncc2)[nH]1. The van der Waals surface area contributed by atoms with Crippen molar-refractivity contribution in [2.45, 2.75) is 12.5 Å². The van der Waals surface area contributed by atoms with E-state index in [0.717, 1.165) is 29.0 Å². The zero-order valence-electron chi connectivity index (χ0n) is 13.3. The third kappa shape index (κ3) is 3.85. The molecule has 0 aliphatic rings. The van der Waals surface area contributed by atoms with Crippen LogP contribution in [0.5, 0.6) is 0 Å². The second-order valence-corrected chi connectivity index (χ2v) is 5.59. The molecule has 0 amide bonds. The number of H-pyrrole nitrogens is 2. The van der Waals surface area contributed by atoms with Crippen molar-refractivity contribution in [3.8, 4) is 11.3 Å². The Morgan fingerprint density at radius 3 is 2.60 bits per heavy atom. The van der Waals surface area contributed by atoms with E-state index in [0.29, 0.717) is 0 Å². The van der Waals surface area contributed by atoms with Gasteiger partial charge in [-0.25, -0.2) is 4.98 Å². The number of para-hydroxylation sites is 1. The quantitative estimate of drug-likeness (QED) is 0.503. The van der Waals surface area contributed by atoms with Crippen molar-refractivity contribution in [2.24, 2.45) is 5.73 Å². The van der Waals surface area contributed by atoms with Crippen LogP contribution < -0.4 is 5.73 Å². The number of nitrogens with one attached hydrogen (secondary N) is 2. The summed E-state index contributed by atoms with van der Waals surface area (Å²) in [6.07, 6.45) is 8.10. The molecule has 4 rings (SSSR count). The van der Waals surface area contributed by atoms with Crippen LogP contribution in [0, 0.1) is 0 Å². The van der Waals surface area contributed by atoms with Gasteiger partial charge in [-0.2, -0.15) is 0 Å². The average molecular weight is 376 g/mol. The molecule has 0 aliphatic carbocycles. The number of rotatable bonds is 4. The maximum atomic E-state index is 6.35. The minimum Gasteiger partial charge on any atom is -0.361 e. The van der Waals surface area contributed by atoms with Crippen molar-refractivity contribution in [3.05, 3.63) is 72.6 Å². The van der Waals surface area contributed by atoms with Crippen molar-refractivity contribution in [1.29, 1.82) is 0 Å². The summed E-state index contributed by atoms with van der Waals surface area (Å²) in [4.78, 5) is 15.1. The fourth-order valence-electron chi connectivity index (χ4n) is 2.84. The van der Waals surface area contributed by atoms with Crippen LogP contribution in [0.25, 0.3) is 22.2 Å². The molecule has 25 heavy (non-hydrogen) atoms. The van der Waals surface area contributed by atoms with Gasteiger partial charge in [-0.05, 0) is 30.2 Å².